The van der Waals surface area contributed by atoms with Gasteiger partial charge in [0.15, 0.2) is 11.6 Å². The van der Waals surface area contributed by atoms with E-state index in [1.807, 2.05) is 13.8 Å². The van der Waals surface area contributed by atoms with Crippen LogP contribution in [0.5, 0.6) is 5.75 Å². The first-order chi connectivity index (χ1) is 10.4. The minimum atomic E-state index is -0.452. The van der Waals surface area contributed by atoms with Crippen LogP contribution in [0.3, 0.4) is 0 Å². The number of ether oxygens (including phenoxy) is 1. The van der Waals surface area contributed by atoms with Gasteiger partial charge < -0.3 is 15.8 Å². The van der Waals surface area contributed by atoms with E-state index in [2.05, 4.69) is 5.32 Å². The number of benzene rings is 1. The maximum Gasteiger partial charge on any atom is 0.225 e. The minimum Gasteiger partial charge on any atom is -0.491 e. The summed E-state index contributed by atoms with van der Waals surface area (Å²) in [4.78, 5) is 12.3. The van der Waals surface area contributed by atoms with Crippen LogP contribution in [0.25, 0.3) is 0 Å². The Labute approximate surface area is 131 Å². The van der Waals surface area contributed by atoms with Crippen LogP contribution in [-0.2, 0) is 11.3 Å². The molecule has 122 valence electrons. The molecule has 22 heavy (non-hydrogen) atoms. The Morgan fingerprint density at radius 2 is 2.27 bits per heavy atom. The minimum absolute atomic E-state index is 0.0426. The van der Waals surface area contributed by atoms with Gasteiger partial charge in [-0.05, 0) is 44.4 Å². The standard InChI is InChI=1S/C17H25FN2O2/c1-3-22-15-8-7-12(10-14(15)18)11-20-16(21)13-6-4-5-9-17(13,2)19/h7-8,10,13H,3-6,9,11,19H2,1-2H3,(H,20,21). The number of nitrogens with one attached hydrogen (secondary N) is 1. The summed E-state index contributed by atoms with van der Waals surface area (Å²) in [6.45, 7) is 4.47. The molecule has 3 N–H and O–H groups in total. The molecule has 4 nitrogen and oxygen atoms in total. The van der Waals surface area contributed by atoms with Gasteiger partial charge >= 0.3 is 0 Å². The Morgan fingerprint density at radius 1 is 1.50 bits per heavy atom. The molecule has 0 bridgehead atoms. The second-order valence-electron chi connectivity index (χ2n) is 6.22. The summed E-state index contributed by atoms with van der Waals surface area (Å²) >= 11 is 0. The molecular weight excluding hydrogens is 283 g/mol. The largest absolute Gasteiger partial charge is 0.491 e. The molecule has 1 fully saturated rings. The van der Waals surface area contributed by atoms with Crippen LogP contribution >= 0.6 is 0 Å². The number of halogens is 1. The fourth-order valence-corrected chi connectivity index (χ4v) is 3.03. The molecule has 2 unspecified atom stereocenters. The van der Waals surface area contributed by atoms with Crippen LogP contribution < -0.4 is 15.8 Å². The maximum atomic E-state index is 13.8. The molecule has 0 aliphatic heterocycles. The van der Waals surface area contributed by atoms with Crippen molar-refractivity contribution in [1.29, 1.82) is 0 Å². The summed E-state index contributed by atoms with van der Waals surface area (Å²) < 4.78 is 18.9. The fourth-order valence-electron chi connectivity index (χ4n) is 3.03. The first-order valence-corrected chi connectivity index (χ1v) is 7.92. The van der Waals surface area contributed by atoms with Gasteiger partial charge in [0.1, 0.15) is 0 Å². The second-order valence-corrected chi connectivity index (χ2v) is 6.22. The van der Waals surface area contributed by atoms with E-state index in [9.17, 15) is 9.18 Å². The average molecular weight is 308 g/mol. The number of hydrogen-bond donors (Lipinski definition) is 2. The number of nitrogens with two attached hydrogens (primary N) is 1. The maximum absolute atomic E-state index is 13.8. The molecule has 1 aliphatic rings. The second kappa shape index (κ2) is 7.09. The molecule has 1 aliphatic carbocycles. The number of amides is 1. The van der Waals surface area contributed by atoms with Gasteiger partial charge in [-0.1, -0.05) is 18.9 Å². The van der Waals surface area contributed by atoms with E-state index in [0.29, 0.717) is 18.7 Å². The van der Waals surface area contributed by atoms with Gasteiger partial charge in [0.25, 0.3) is 0 Å². The zero-order valence-corrected chi connectivity index (χ0v) is 13.3. The Bertz CT molecular complexity index is 531. The Kier molecular flexibility index (Phi) is 5.40. The van der Waals surface area contributed by atoms with E-state index < -0.39 is 11.4 Å². The average Bonchev–Trinajstić information content (AvgIpc) is 2.47. The van der Waals surface area contributed by atoms with Gasteiger partial charge in [-0.3, -0.25) is 4.79 Å². The van der Waals surface area contributed by atoms with Crippen molar-refractivity contribution in [3.63, 3.8) is 0 Å². The van der Waals surface area contributed by atoms with E-state index in [4.69, 9.17) is 10.5 Å². The van der Waals surface area contributed by atoms with Crippen molar-refractivity contribution in [1.82, 2.24) is 5.32 Å². The number of hydrogen-bond acceptors (Lipinski definition) is 3. The molecule has 2 rings (SSSR count). The van der Waals surface area contributed by atoms with E-state index >= 15 is 0 Å². The zero-order valence-electron chi connectivity index (χ0n) is 13.3. The van der Waals surface area contributed by atoms with E-state index in [1.165, 1.54) is 6.07 Å². The number of rotatable bonds is 5. The van der Waals surface area contributed by atoms with Gasteiger partial charge in [0.2, 0.25) is 5.91 Å². The van der Waals surface area contributed by atoms with Crippen molar-refractivity contribution in [2.75, 3.05) is 6.61 Å². The van der Waals surface area contributed by atoms with E-state index in [-0.39, 0.29) is 17.6 Å². The van der Waals surface area contributed by atoms with Crippen LogP contribution in [0.1, 0.15) is 45.1 Å². The van der Waals surface area contributed by atoms with Gasteiger partial charge in [-0.15, -0.1) is 0 Å². The molecule has 5 heteroatoms. The van der Waals surface area contributed by atoms with Crippen LogP contribution in [0, 0.1) is 11.7 Å². The monoisotopic (exact) mass is 308 g/mol. The topological polar surface area (TPSA) is 64.3 Å². The van der Waals surface area contributed by atoms with Crippen LogP contribution in [0.4, 0.5) is 4.39 Å². The quantitative estimate of drug-likeness (QED) is 0.879. The highest BCUT2D eigenvalue weighted by atomic mass is 19.1. The summed E-state index contributed by atoms with van der Waals surface area (Å²) in [5, 5.41) is 2.88. The van der Waals surface area contributed by atoms with Gasteiger partial charge in [0.05, 0.1) is 12.5 Å². The first kappa shape index (κ1) is 16.7. The molecule has 1 saturated carbocycles. The summed E-state index contributed by atoms with van der Waals surface area (Å²) in [7, 11) is 0. The van der Waals surface area contributed by atoms with Crippen molar-refractivity contribution in [3.8, 4) is 5.75 Å². The lowest BCUT2D eigenvalue weighted by molar-refractivity contribution is -0.128. The molecule has 0 aromatic heterocycles. The fraction of sp³-hybridized carbons (Fsp3) is 0.588. The van der Waals surface area contributed by atoms with Crippen LogP contribution in [-0.4, -0.2) is 18.1 Å². The molecule has 1 amide bonds. The van der Waals surface area contributed by atoms with Crippen molar-refractivity contribution in [3.05, 3.63) is 29.6 Å². The Morgan fingerprint density at radius 3 is 2.91 bits per heavy atom. The number of carbonyl (C=O) groups is 1. The molecule has 1 aromatic rings. The van der Waals surface area contributed by atoms with Crippen LogP contribution in [0.15, 0.2) is 18.2 Å². The predicted octanol–water partition coefficient (Wildman–Crippen LogP) is 2.75. The highest BCUT2D eigenvalue weighted by Crippen LogP contribution is 2.31. The lowest BCUT2D eigenvalue weighted by atomic mass is 9.74. The third-order valence-corrected chi connectivity index (χ3v) is 4.33. The Balaban J connectivity index is 1.95. The SMILES string of the molecule is CCOc1ccc(CNC(=O)C2CCCCC2(C)N)cc1F. The summed E-state index contributed by atoms with van der Waals surface area (Å²) in [5.74, 6) is -0.387. The molecule has 0 spiro atoms. The third kappa shape index (κ3) is 3.97. The third-order valence-electron chi connectivity index (χ3n) is 4.33. The highest BCUT2D eigenvalue weighted by molar-refractivity contribution is 5.80. The van der Waals surface area contributed by atoms with Gasteiger partial charge in [-0.2, -0.15) is 0 Å². The van der Waals surface area contributed by atoms with Crippen molar-refractivity contribution >= 4 is 5.91 Å². The lowest BCUT2D eigenvalue weighted by Crippen LogP contribution is -2.52. The molecule has 2 atom stereocenters. The van der Waals surface area contributed by atoms with Gasteiger partial charge in [0, 0.05) is 12.1 Å². The summed E-state index contributed by atoms with van der Waals surface area (Å²) in [6.07, 6.45) is 3.78. The summed E-state index contributed by atoms with van der Waals surface area (Å²) in [6, 6.07) is 4.75. The van der Waals surface area contributed by atoms with Crippen molar-refractivity contribution < 1.29 is 13.9 Å². The Hall–Kier alpha value is -1.62. The first-order valence-electron chi connectivity index (χ1n) is 7.92. The molecule has 0 radical (unpaired) electrons. The highest BCUT2D eigenvalue weighted by Gasteiger charge is 2.37. The van der Waals surface area contributed by atoms with Gasteiger partial charge in [-0.25, -0.2) is 4.39 Å². The summed E-state index contributed by atoms with van der Waals surface area (Å²) in [5.41, 5.74) is 6.49. The smallest absolute Gasteiger partial charge is 0.225 e. The van der Waals surface area contributed by atoms with Crippen molar-refractivity contribution in [2.24, 2.45) is 11.7 Å². The molecule has 0 heterocycles. The van der Waals surface area contributed by atoms with Crippen LogP contribution in [0.2, 0.25) is 0 Å². The zero-order chi connectivity index (χ0) is 16.2. The van der Waals surface area contributed by atoms with E-state index in [1.54, 1.807) is 12.1 Å². The normalized spacial score (nSPS) is 24.8. The predicted molar refractivity (Wildman–Crippen MR) is 84.0 cm³/mol. The molecule has 1 aromatic carbocycles. The molecular formula is C17H25FN2O2. The lowest BCUT2D eigenvalue weighted by Gasteiger charge is -2.37. The van der Waals surface area contributed by atoms with E-state index in [0.717, 1.165) is 25.7 Å². The van der Waals surface area contributed by atoms with Crippen molar-refractivity contribution in [2.45, 2.75) is 51.6 Å². The molecule has 0 saturated heterocycles. The number of carbonyl (C=O) groups excluding carboxylic acids is 1.